The van der Waals surface area contributed by atoms with E-state index in [4.69, 9.17) is 5.73 Å². The quantitative estimate of drug-likeness (QED) is 0.772. The summed E-state index contributed by atoms with van der Waals surface area (Å²) in [5, 5.41) is 4.58. The largest absolute Gasteiger partial charge is 0.341 e. The van der Waals surface area contributed by atoms with E-state index in [-0.39, 0.29) is 5.92 Å². The normalized spacial score (nSPS) is 13.2. The van der Waals surface area contributed by atoms with Crippen LogP contribution in [0, 0.1) is 0 Å². The van der Waals surface area contributed by atoms with Crippen LogP contribution in [-0.2, 0) is 7.05 Å². The van der Waals surface area contributed by atoms with Gasteiger partial charge in [-0.2, -0.15) is 5.10 Å². The number of hydrogen-bond donors (Lipinski definition) is 2. The van der Waals surface area contributed by atoms with Crippen LogP contribution in [0.15, 0.2) is 30.3 Å². The van der Waals surface area contributed by atoms with Crippen molar-refractivity contribution in [3.8, 4) is 0 Å². The van der Waals surface area contributed by atoms with E-state index < -0.39 is 0 Å². The number of hydrogen-bond acceptors (Lipinski definition) is 3. The smallest absolute Gasteiger partial charge is 0.117 e. The van der Waals surface area contributed by atoms with E-state index in [0.29, 0.717) is 12.5 Å². The van der Waals surface area contributed by atoms with Crippen LogP contribution in [0.2, 0.25) is 0 Å². The molecular formula is C16H21N5. The molecule has 21 heavy (non-hydrogen) atoms. The first-order chi connectivity index (χ1) is 10.1. The van der Waals surface area contributed by atoms with E-state index in [9.17, 15) is 0 Å². The summed E-state index contributed by atoms with van der Waals surface area (Å²) in [7, 11) is 1.96. The molecule has 0 aliphatic heterocycles. The number of aryl methyl sites for hydroxylation is 1. The maximum Gasteiger partial charge on any atom is 0.117 e. The van der Waals surface area contributed by atoms with E-state index >= 15 is 0 Å². The summed E-state index contributed by atoms with van der Waals surface area (Å²) in [6, 6.07) is 10.2. The second-order valence-corrected chi connectivity index (χ2v) is 5.70. The summed E-state index contributed by atoms with van der Waals surface area (Å²) in [4.78, 5) is 8.06. The molecule has 0 amide bonds. The summed E-state index contributed by atoms with van der Waals surface area (Å²) >= 11 is 0. The van der Waals surface area contributed by atoms with Gasteiger partial charge in [-0.05, 0) is 24.1 Å². The summed E-state index contributed by atoms with van der Waals surface area (Å²) in [6.45, 7) is 4.78. The first-order valence-electron chi connectivity index (χ1n) is 7.28. The first-order valence-corrected chi connectivity index (χ1v) is 7.28. The van der Waals surface area contributed by atoms with Gasteiger partial charge in [-0.3, -0.25) is 4.68 Å². The van der Waals surface area contributed by atoms with Gasteiger partial charge in [0.15, 0.2) is 0 Å². The predicted octanol–water partition coefficient (Wildman–Crippen LogP) is 2.51. The molecule has 5 nitrogen and oxygen atoms in total. The third kappa shape index (κ3) is 2.45. The van der Waals surface area contributed by atoms with Gasteiger partial charge in [-0.25, -0.2) is 4.98 Å². The molecule has 0 aliphatic rings. The molecule has 2 heterocycles. The lowest BCUT2D eigenvalue weighted by Crippen LogP contribution is -2.18. The number of nitrogens with zero attached hydrogens (tertiary/aromatic N) is 3. The molecule has 0 radical (unpaired) electrons. The van der Waals surface area contributed by atoms with E-state index in [2.05, 4.69) is 35.0 Å². The molecule has 2 aromatic heterocycles. The van der Waals surface area contributed by atoms with Gasteiger partial charge < -0.3 is 10.7 Å². The third-order valence-electron chi connectivity index (χ3n) is 3.86. The van der Waals surface area contributed by atoms with Gasteiger partial charge in [-0.15, -0.1) is 0 Å². The molecule has 0 fully saturated rings. The standard InChI is InChI=1S/C16H21N5/c1-10(2)14-8-15(21(3)20-14)11(9-17)16-18-12-6-4-5-7-13(12)19-16/h4-8,10-11H,9,17H2,1-3H3,(H,18,19). The Labute approximate surface area is 124 Å². The average Bonchev–Trinajstić information content (AvgIpc) is 3.04. The molecule has 3 N–H and O–H groups in total. The van der Waals surface area contributed by atoms with E-state index in [1.807, 2.05) is 36.0 Å². The zero-order valence-corrected chi connectivity index (χ0v) is 12.7. The van der Waals surface area contributed by atoms with E-state index in [1.165, 1.54) is 0 Å². The third-order valence-corrected chi connectivity index (χ3v) is 3.86. The Kier molecular flexibility index (Phi) is 3.51. The molecule has 0 spiro atoms. The number of rotatable bonds is 4. The van der Waals surface area contributed by atoms with Crippen molar-refractivity contribution >= 4 is 11.0 Å². The van der Waals surface area contributed by atoms with Crippen molar-refractivity contribution < 1.29 is 0 Å². The van der Waals surface area contributed by atoms with Crippen LogP contribution in [0.3, 0.4) is 0 Å². The second-order valence-electron chi connectivity index (χ2n) is 5.70. The van der Waals surface area contributed by atoms with Crippen LogP contribution in [-0.4, -0.2) is 26.3 Å². The molecule has 1 atom stereocenters. The number of fused-ring (bicyclic) bond motifs is 1. The van der Waals surface area contributed by atoms with Crippen molar-refractivity contribution in [2.45, 2.75) is 25.7 Å². The minimum atomic E-state index is 0.0300. The predicted molar refractivity (Wildman–Crippen MR) is 84.3 cm³/mol. The molecule has 3 aromatic rings. The second kappa shape index (κ2) is 5.33. The fraction of sp³-hybridized carbons (Fsp3) is 0.375. The minimum Gasteiger partial charge on any atom is -0.341 e. The Balaban J connectivity index is 2.05. The average molecular weight is 283 g/mol. The number of nitrogens with two attached hydrogens (primary N) is 1. The van der Waals surface area contributed by atoms with Gasteiger partial charge in [0, 0.05) is 13.6 Å². The summed E-state index contributed by atoms with van der Waals surface area (Å²) in [5.41, 5.74) is 10.2. The SMILES string of the molecule is CC(C)c1cc(C(CN)c2nc3ccccc3[nH]2)n(C)n1. The van der Waals surface area contributed by atoms with Crippen LogP contribution in [0.4, 0.5) is 0 Å². The number of imidazole rings is 1. The molecule has 0 saturated heterocycles. The van der Waals surface area contributed by atoms with Crippen LogP contribution >= 0.6 is 0 Å². The Bertz CT molecular complexity index is 720. The number of para-hydroxylation sites is 2. The molecule has 1 unspecified atom stereocenters. The highest BCUT2D eigenvalue weighted by atomic mass is 15.3. The number of aromatic nitrogens is 4. The van der Waals surface area contributed by atoms with Gasteiger partial charge in [0.2, 0.25) is 0 Å². The Hall–Kier alpha value is -2.14. The Morgan fingerprint density at radius 1 is 1.29 bits per heavy atom. The molecular weight excluding hydrogens is 262 g/mol. The van der Waals surface area contributed by atoms with Gasteiger partial charge >= 0.3 is 0 Å². The van der Waals surface area contributed by atoms with Crippen LogP contribution in [0.25, 0.3) is 11.0 Å². The summed E-state index contributed by atoms with van der Waals surface area (Å²) in [5.74, 6) is 1.33. The zero-order chi connectivity index (χ0) is 15.0. The topological polar surface area (TPSA) is 72.5 Å². The molecule has 0 saturated carbocycles. The Morgan fingerprint density at radius 3 is 2.67 bits per heavy atom. The van der Waals surface area contributed by atoms with Crippen molar-refractivity contribution in [2.24, 2.45) is 12.8 Å². The van der Waals surface area contributed by atoms with Gasteiger partial charge in [-0.1, -0.05) is 26.0 Å². The highest BCUT2D eigenvalue weighted by Gasteiger charge is 2.21. The van der Waals surface area contributed by atoms with Gasteiger partial charge in [0.25, 0.3) is 0 Å². The number of H-pyrrole nitrogens is 1. The van der Waals surface area contributed by atoms with Crippen molar-refractivity contribution in [3.05, 3.63) is 47.5 Å². The number of benzene rings is 1. The summed E-state index contributed by atoms with van der Waals surface area (Å²) < 4.78 is 1.92. The lowest BCUT2D eigenvalue weighted by Gasteiger charge is -2.12. The van der Waals surface area contributed by atoms with Gasteiger partial charge in [0.05, 0.1) is 28.3 Å². The van der Waals surface area contributed by atoms with Crippen molar-refractivity contribution in [2.75, 3.05) is 6.54 Å². The zero-order valence-electron chi connectivity index (χ0n) is 12.7. The van der Waals surface area contributed by atoms with E-state index in [0.717, 1.165) is 28.2 Å². The minimum absolute atomic E-state index is 0.0300. The number of nitrogens with one attached hydrogen (secondary N) is 1. The van der Waals surface area contributed by atoms with Crippen LogP contribution in [0.5, 0.6) is 0 Å². The molecule has 3 rings (SSSR count). The summed E-state index contributed by atoms with van der Waals surface area (Å²) in [6.07, 6.45) is 0. The maximum absolute atomic E-state index is 6.01. The maximum atomic E-state index is 6.01. The van der Waals surface area contributed by atoms with Crippen molar-refractivity contribution in [1.82, 2.24) is 19.7 Å². The highest BCUT2D eigenvalue weighted by Crippen LogP contribution is 2.26. The lowest BCUT2D eigenvalue weighted by atomic mass is 10.0. The fourth-order valence-corrected chi connectivity index (χ4v) is 2.62. The first kappa shape index (κ1) is 13.8. The van der Waals surface area contributed by atoms with Crippen molar-refractivity contribution in [3.63, 3.8) is 0 Å². The highest BCUT2D eigenvalue weighted by molar-refractivity contribution is 5.75. The molecule has 0 aliphatic carbocycles. The van der Waals surface area contributed by atoms with Gasteiger partial charge in [0.1, 0.15) is 5.82 Å². The number of aromatic amines is 1. The molecule has 0 bridgehead atoms. The fourth-order valence-electron chi connectivity index (χ4n) is 2.62. The Morgan fingerprint density at radius 2 is 2.05 bits per heavy atom. The molecule has 110 valence electrons. The van der Waals surface area contributed by atoms with Crippen LogP contribution < -0.4 is 5.73 Å². The van der Waals surface area contributed by atoms with Crippen LogP contribution in [0.1, 0.15) is 42.9 Å². The lowest BCUT2D eigenvalue weighted by molar-refractivity contribution is 0.636. The van der Waals surface area contributed by atoms with E-state index in [1.54, 1.807) is 0 Å². The monoisotopic (exact) mass is 283 g/mol. The molecule has 1 aromatic carbocycles. The molecule has 5 heteroatoms. The van der Waals surface area contributed by atoms with Crippen molar-refractivity contribution in [1.29, 1.82) is 0 Å².